The standard InChI is InChI=1S/C23H26ClF3N6O3Si.C21H25ClN6O3Si.C18H14ClF3N6O2.C17H13ClF3N7O/c1-35-22(34)13-5-6-14-15(9-13)32(12-36-7-8-37(2,3)4)19(17(14)24)18-16-20(28)29-11-30-21(16)33(31-18)10-23(25,26)27;1-30-21(29)12-5-6-13-14(9-12)28(11-31-7-8-32(2,3)4)18(16(13)22)17-15-19(23)24-10-25-20(15)27-26-17;1-2-30-17(29)8-3-4-9-10(5-8)26-14(12(9)19)13-11-15(23)24-7-25-16(11)28(27-13)6-18(20,21)22;1-23-16(29)7-2-3-8-9(4-7)26-13(11(8)18)12-10-14(22)24-6-25-15(10)28(27-12)5-17(19,20)21/h5-6,9,11H,7-8,10,12H2,1-4H3,(H2,28,29,30);5-6,9-10H,7-8,11H2,1-4H3,(H3,23,24,25,26,27);3-5,7,26H,2,6H2,1H3,(H2,23,24,25);2-4,6,26H,5H2,1H3,(H,23,29)(H2,22,24,25). The molecule has 0 spiro atoms. The number of rotatable bonds is 22. The first-order valence-electron chi connectivity index (χ1n) is 38.4. The molecule has 672 valence electrons. The Morgan fingerprint density at radius 1 is 0.461 bits per heavy atom. The molecule has 0 fully saturated rings. The molecule has 0 unspecified atom stereocenters. The summed E-state index contributed by atoms with van der Waals surface area (Å²) in [5.41, 5.74) is 30.1. The van der Waals surface area contributed by atoms with Crippen molar-refractivity contribution in [3.8, 4) is 45.6 Å². The molecular weight excluding hydrogens is 1810 g/mol. The molecule has 16 rings (SSSR count). The van der Waals surface area contributed by atoms with E-state index in [4.69, 9.17) is 93.0 Å². The number of ether oxygens (including phenoxy) is 5. The van der Waals surface area contributed by atoms with Crippen LogP contribution in [0.4, 0.5) is 62.8 Å². The van der Waals surface area contributed by atoms with Gasteiger partial charge in [0.1, 0.15) is 98.8 Å². The SMILES string of the molecule is CCOC(=O)c1ccc2c(Cl)c(-c3nn(CC(F)(F)F)c4ncnc(N)c34)[nH]c2c1.CNC(=O)c1ccc2c(Cl)c(-c3nn(CC(F)(F)F)c4ncnc(N)c34)[nH]c2c1.COC(=O)c1ccc2c(Cl)c(-c3[nH]nc4ncnc(N)c34)n(COCC[Si](C)(C)C)c2c1.COC(=O)c1ccc2c(Cl)c(-c3nn(CC(F)(F)F)c4ncnc(N)c34)n(COCC[Si](C)(C)C)c2c1. The molecule has 0 aliphatic carbocycles. The summed E-state index contributed by atoms with van der Waals surface area (Å²) >= 11 is 26.6. The van der Waals surface area contributed by atoms with Crippen molar-refractivity contribution in [1.29, 1.82) is 0 Å². The van der Waals surface area contributed by atoms with E-state index in [2.05, 4.69) is 120 Å². The van der Waals surface area contributed by atoms with Gasteiger partial charge in [-0.25, -0.2) is 68.3 Å². The van der Waals surface area contributed by atoms with Crippen LogP contribution in [0.25, 0.3) is 133 Å². The van der Waals surface area contributed by atoms with Gasteiger partial charge in [-0.1, -0.05) is 110 Å². The average Bonchev–Trinajstić information content (AvgIpc) is 1.45. The van der Waals surface area contributed by atoms with Gasteiger partial charge in [0, 0.05) is 74.6 Å². The zero-order valence-electron chi connectivity index (χ0n) is 69.3. The van der Waals surface area contributed by atoms with Crippen LogP contribution in [-0.2, 0) is 56.8 Å². The molecule has 0 bridgehead atoms. The van der Waals surface area contributed by atoms with Crippen LogP contribution in [0.2, 0.25) is 71.5 Å². The Morgan fingerprint density at radius 3 is 1.23 bits per heavy atom. The third-order valence-corrected chi connectivity index (χ3v) is 24.7. The van der Waals surface area contributed by atoms with Crippen molar-refractivity contribution in [2.45, 2.75) is 110 Å². The Morgan fingerprint density at radius 2 is 0.828 bits per heavy atom. The second kappa shape index (κ2) is 36.9. The van der Waals surface area contributed by atoms with Crippen molar-refractivity contribution < 1.29 is 82.4 Å². The van der Waals surface area contributed by atoms with Crippen molar-refractivity contribution in [3.63, 3.8) is 0 Å². The summed E-state index contributed by atoms with van der Waals surface area (Å²) in [7, 11) is 1.48. The first-order chi connectivity index (χ1) is 60.4. The van der Waals surface area contributed by atoms with Gasteiger partial charge in [0.15, 0.2) is 22.6 Å². The fourth-order valence-corrected chi connectivity index (χ4v) is 16.5. The summed E-state index contributed by atoms with van der Waals surface area (Å²) in [6.45, 7) is 12.7. The lowest BCUT2D eigenvalue weighted by atomic mass is 10.1. The number of carbonyl (C=O) groups excluding carboxylic acids is 4. The van der Waals surface area contributed by atoms with Crippen LogP contribution in [-0.4, -0.2) is 198 Å². The Balaban J connectivity index is 0.000000146. The molecule has 12 N–H and O–H groups in total. The molecule has 4 aromatic carbocycles. The van der Waals surface area contributed by atoms with E-state index in [1.54, 1.807) is 78.2 Å². The summed E-state index contributed by atoms with van der Waals surface area (Å²) < 4.78 is 150. The zero-order valence-corrected chi connectivity index (χ0v) is 74.3. The number of fused-ring (bicyclic) bond motifs is 8. The first kappa shape index (κ1) is 92.9. The summed E-state index contributed by atoms with van der Waals surface area (Å²) in [5.74, 6) is -1.60. The van der Waals surface area contributed by atoms with E-state index in [0.29, 0.717) is 105 Å². The molecule has 49 heteroatoms. The number of hydrogen-bond acceptors (Lipinski definition) is 25. The van der Waals surface area contributed by atoms with Gasteiger partial charge in [-0.3, -0.25) is 9.89 Å². The number of alkyl halides is 9. The van der Waals surface area contributed by atoms with E-state index in [1.165, 1.54) is 33.7 Å². The maximum Gasteiger partial charge on any atom is 0.408 e. The van der Waals surface area contributed by atoms with E-state index in [1.807, 2.05) is 4.57 Å². The van der Waals surface area contributed by atoms with Gasteiger partial charge in [-0.15, -0.1) is 0 Å². The number of esters is 3. The van der Waals surface area contributed by atoms with Crippen LogP contribution < -0.4 is 28.3 Å². The molecule has 16 aromatic rings. The van der Waals surface area contributed by atoms with E-state index in [9.17, 15) is 58.7 Å². The Kier molecular flexibility index (Phi) is 26.8. The second-order valence-electron chi connectivity index (χ2n) is 31.1. The third kappa shape index (κ3) is 19.8. The van der Waals surface area contributed by atoms with Crippen LogP contribution in [0.5, 0.6) is 0 Å². The number of nitrogens with one attached hydrogen (secondary N) is 4. The summed E-state index contributed by atoms with van der Waals surface area (Å²) in [6, 6.07) is 21.4. The minimum atomic E-state index is -4.55. The second-order valence-corrected chi connectivity index (χ2v) is 43.8. The van der Waals surface area contributed by atoms with Gasteiger partial charge in [-0.05, 0) is 67.5 Å². The number of amides is 1. The van der Waals surface area contributed by atoms with Gasteiger partial charge < -0.3 is 71.0 Å². The number of nitrogens with two attached hydrogens (primary N) is 4. The van der Waals surface area contributed by atoms with Crippen LogP contribution in [0.15, 0.2) is 98.1 Å². The molecule has 34 nitrogen and oxygen atoms in total. The monoisotopic (exact) mass is 1890 g/mol. The highest BCUT2D eigenvalue weighted by Gasteiger charge is 2.37. The highest BCUT2D eigenvalue weighted by molar-refractivity contribution is 6.76. The lowest BCUT2D eigenvalue weighted by Gasteiger charge is -2.17. The number of nitrogen functional groups attached to an aromatic ring is 4. The number of nitrogens with zero attached hydrogens (tertiary/aromatic N) is 17. The predicted octanol–water partition coefficient (Wildman–Crippen LogP) is 16.7. The minimum absolute atomic E-state index is 0.00881. The predicted molar refractivity (Wildman–Crippen MR) is 470 cm³/mol. The molecule has 12 heterocycles. The fourth-order valence-electron chi connectivity index (χ4n) is 13.7. The summed E-state index contributed by atoms with van der Waals surface area (Å²) in [5, 5.41) is 26.7. The normalized spacial score (nSPS) is 12.2. The van der Waals surface area contributed by atoms with Crippen molar-refractivity contribution in [1.82, 2.24) is 104 Å². The largest absolute Gasteiger partial charge is 0.465 e. The van der Waals surface area contributed by atoms with Crippen molar-refractivity contribution in [2.75, 3.05) is 64.0 Å². The molecule has 0 aliphatic heterocycles. The van der Waals surface area contributed by atoms with Crippen LogP contribution in [0.1, 0.15) is 48.4 Å². The molecule has 0 aliphatic rings. The van der Waals surface area contributed by atoms with Crippen molar-refractivity contribution in [2.24, 2.45) is 0 Å². The highest BCUT2D eigenvalue weighted by atomic mass is 35.5. The molecule has 0 radical (unpaired) electrons. The lowest BCUT2D eigenvalue weighted by Crippen LogP contribution is -2.22. The van der Waals surface area contributed by atoms with E-state index in [0.717, 1.165) is 46.7 Å². The van der Waals surface area contributed by atoms with E-state index in [-0.39, 0.29) is 131 Å². The van der Waals surface area contributed by atoms with Gasteiger partial charge in [-0.2, -0.15) is 59.9 Å². The highest BCUT2D eigenvalue weighted by Crippen LogP contribution is 2.46. The minimum Gasteiger partial charge on any atom is -0.465 e. The molecular formula is C79H78Cl4F9N25O9Si2. The summed E-state index contributed by atoms with van der Waals surface area (Å²) in [6.07, 6.45) is -9.01. The maximum absolute atomic E-state index is 13.3. The molecule has 0 saturated heterocycles. The quantitative estimate of drug-likeness (QED) is 0.0103. The molecule has 1 amide bonds. The smallest absolute Gasteiger partial charge is 0.408 e. The molecule has 128 heavy (non-hydrogen) atoms. The number of carbonyl (C=O) groups is 4. The van der Waals surface area contributed by atoms with Gasteiger partial charge in [0.05, 0.1) is 119 Å². The molecule has 0 saturated carbocycles. The Bertz CT molecular complexity index is 6970. The number of aromatic amines is 3. The topological polar surface area (TPSA) is 457 Å². The zero-order chi connectivity index (χ0) is 92.7. The number of methoxy groups -OCH3 is 2. The van der Waals surface area contributed by atoms with E-state index < -0.39 is 72.2 Å². The number of halogens is 13. The van der Waals surface area contributed by atoms with Crippen molar-refractivity contribution >= 4 is 197 Å². The lowest BCUT2D eigenvalue weighted by molar-refractivity contribution is -0.142. The Hall–Kier alpha value is -12.8. The van der Waals surface area contributed by atoms with Crippen LogP contribution in [0.3, 0.4) is 0 Å². The first-order valence-corrected chi connectivity index (χ1v) is 47.4. The maximum atomic E-state index is 13.3. The molecule has 12 aromatic heterocycles. The van der Waals surface area contributed by atoms with Crippen molar-refractivity contribution in [3.05, 3.63) is 140 Å². The average molecular weight is 1890 g/mol. The third-order valence-electron chi connectivity index (χ3n) is 19.7. The van der Waals surface area contributed by atoms with Crippen LogP contribution >= 0.6 is 46.4 Å². The number of H-pyrrole nitrogens is 3. The summed E-state index contributed by atoms with van der Waals surface area (Å²) in [4.78, 5) is 86.0. The molecule has 0 atom stereocenters. The number of anilines is 4. The van der Waals surface area contributed by atoms with Gasteiger partial charge in [0.2, 0.25) is 0 Å². The van der Waals surface area contributed by atoms with Crippen LogP contribution in [0, 0.1) is 0 Å². The number of benzene rings is 4. The number of hydrogen-bond donors (Lipinski definition) is 8. The van der Waals surface area contributed by atoms with E-state index >= 15 is 0 Å². The Labute approximate surface area is 739 Å². The fraction of sp³-hybridized carbons (Fsp3) is 0.291. The van der Waals surface area contributed by atoms with Gasteiger partial charge >= 0.3 is 36.4 Å². The number of aromatic nitrogens is 20. The van der Waals surface area contributed by atoms with Gasteiger partial charge in [0.25, 0.3) is 5.91 Å².